The highest BCUT2D eigenvalue weighted by molar-refractivity contribution is 6.31. The second-order valence-electron chi connectivity index (χ2n) is 8.03. The first kappa shape index (κ1) is 23.8. The fourth-order valence-corrected chi connectivity index (χ4v) is 4.04. The van der Waals surface area contributed by atoms with Crippen LogP contribution in [0.15, 0.2) is 53.6 Å². The minimum absolute atomic E-state index is 0.137. The molecule has 2 aromatic rings. The Hall–Kier alpha value is -2.90. The molecule has 1 aliphatic heterocycles. The van der Waals surface area contributed by atoms with E-state index in [-0.39, 0.29) is 19.0 Å². The summed E-state index contributed by atoms with van der Waals surface area (Å²) in [5.74, 6) is -1.02. The van der Waals surface area contributed by atoms with Gasteiger partial charge in [0.2, 0.25) is 11.8 Å². The average molecular weight is 475 g/mol. The predicted octanol–water partition coefficient (Wildman–Crippen LogP) is 3.69. The molecule has 0 radical (unpaired) electrons. The zero-order valence-electron chi connectivity index (χ0n) is 18.3. The summed E-state index contributed by atoms with van der Waals surface area (Å²) in [7, 11) is 3.36. The minimum Gasteiger partial charge on any atom is -0.348 e. The fourth-order valence-electron chi connectivity index (χ4n) is 3.78. The van der Waals surface area contributed by atoms with Crippen LogP contribution in [0, 0.1) is 5.41 Å². The number of hydrogen-bond acceptors (Lipinski definition) is 5. The average Bonchev–Trinajstić information content (AvgIpc) is 3.06. The molecule has 0 aliphatic carbocycles. The van der Waals surface area contributed by atoms with Crippen molar-refractivity contribution in [1.82, 2.24) is 9.91 Å². The predicted molar refractivity (Wildman–Crippen MR) is 126 cm³/mol. The van der Waals surface area contributed by atoms with Crippen LogP contribution in [0.3, 0.4) is 0 Å². The lowest BCUT2D eigenvalue weighted by Crippen LogP contribution is -2.47. The molecule has 9 heteroatoms. The Labute approximate surface area is 197 Å². The third-order valence-electron chi connectivity index (χ3n) is 5.23. The zero-order valence-corrected chi connectivity index (χ0v) is 19.8. The number of benzene rings is 2. The normalized spacial score (nSPS) is 17.7. The molecule has 0 N–H and O–H groups in total. The summed E-state index contributed by atoms with van der Waals surface area (Å²) in [5, 5.41) is 7.21. The fraction of sp³-hybridized carbons (Fsp3) is 0.304. The highest BCUT2D eigenvalue weighted by atomic mass is 35.5. The van der Waals surface area contributed by atoms with Crippen molar-refractivity contribution in [2.75, 3.05) is 32.1 Å². The van der Waals surface area contributed by atoms with E-state index in [0.717, 1.165) is 10.5 Å². The monoisotopic (exact) mass is 474 g/mol. The van der Waals surface area contributed by atoms with Crippen LogP contribution in [0.2, 0.25) is 10.0 Å². The molecule has 2 aromatic carbocycles. The number of carbonyl (C=O) groups excluding carboxylic acids is 3. The molecular formula is C23H24Cl2N4O3. The van der Waals surface area contributed by atoms with Crippen LogP contribution in [-0.4, -0.2) is 60.5 Å². The van der Waals surface area contributed by atoms with Crippen LogP contribution in [-0.2, 0) is 14.4 Å². The van der Waals surface area contributed by atoms with E-state index in [4.69, 9.17) is 23.2 Å². The lowest BCUT2D eigenvalue weighted by Gasteiger charge is -2.29. The van der Waals surface area contributed by atoms with Crippen molar-refractivity contribution in [2.24, 2.45) is 10.5 Å². The van der Waals surface area contributed by atoms with Gasteiger partial charge >= 0.3 is 0 Å². The molecule has 0 bridgehead atoms. The first-order valence-electron chi connectivity index (χ1n) is 9.94. The molecule has 0 aromatic heterocycles. The van der Waals surface area contributed by atoms with E-state index in [1.54, 1.807) is 69.6 Å². The van der Waals surface area contributed by atoms with Crippen LogP contribution in [0.5, 0.6) is 0 Å². The van der Waals surface area contributed by atoms with Crippen molar-refractivity contribution in [3.63, 3.8) is 0 Å². The number of rotatable bonds is 5. The van der Waals surface area contributed by atoms with Gasteiger partial charge in [0.15, 0.2) is 0 Å². The Balaban J connectivity index is 1.92. The number of imide groups is 1. The van der Waals surface area contributed by atoms with Crippen molar-refractivity contribution < 1.29 is 14.4 Å². The number of nitrogens with zero attached hydrogens (tertiary/aromatic N) is 4. The third-order valence-corrected chi connectivity index (χ3v) is 5.73. The molecule has 0 fully saturated rings. The second kappa shape index (κ2) is 9.30. The minimum atomic E-state index is -0.973. The summed E-state index contributed by atoms with van der Waals surface area (Å²) >= 11 is 11.9. The maximum Gasteiger partial charge on any atom is 0.255 e. The summed E-state index contributed by atoms with van der Waals surface area (Å²) in [6.07, 6.45) is 0. The van der Waals surface area contributed by atoms with E-state index in [1.165, 1.54) is 16.8 Å². The Kier molecular flexibility index (Phi) is 6.91. The summed E-state index contributed by atoms with van der Waals surface area (Å²) in [6.45, 7) is 3.14. The van der Waals surface area contributed by atoms with Crippen LogP contribution in [0.1, 0.15) is 19.4 Å². The third kappa shape index (κ3) is 4.79. The lowest BCUT2D eigenvalue weighted by atomic mass is 9.81. The first-order valence-corrected chi connectivity index (χ1v) is 10.7. The quantitative estimate of drug-likeness (QED) is 0.662. The van der Waals surface area contributed by atoms with Crippen LogP contribution >= 0.6 is 23.2 Å². The van der Waals surface area contributed by atoms with Crippen molar-refractivity contribution in [3.05, 3.63) is 64.1 Å². The maximum absolute atomic E-state index is 13.1. The summed E-state index contributed by atoms with van der Waals surface area (Å²) < 4.78 is 0. The Bertz CT molecular complexity index is 1070. The number of carbonyl (C=O) groups is 3. The van der Waals surface area contributed by atoms with Gasteiger partial charge in [0.25, 0.3) is 5.91 Å². The van der Waals surface area contributed by atoms with E-state index < -0.39 is 17.2 Å². The van der Waals surface area contributed by atoms with E-state index in [1.807, 2.05) is 0 Å². The van der Waals surface area contributed by atoms with Gasteiger partial charge in [-0.15, -0.1) is 0 Å². The molecule has 1 heterocycles. The van der Waals surface area contributed by atoms with Gasteiger partial charge in [0, 0.05) is 31.1 Å². The van der Waals surface area contributed by atoms with Gasteiger partial charge in [-0.05, 0) is 48.9 Å². The van der Waals surface area contributed by atoms with E-state index in [0.29, 0.717) is 21.4 Å². The smallest absolute Gasteiger partial charge is 0.255 e. The summed E-state index contributed by atoms with van der Waals surface area (Å²) in [5.41, 5.74) is 0.726. The van der Waals surface area contributed by atoms with Gasteiger partial charge in [0.05, 0.1) is 17.9 Å². The molecule has 1 unspecified atom stereocenters. The second-order valence-corrected chi connectivity index (χ2v) is 8.91. The maximum atomic E-state index is 13.1. The van der Waals surface area contributed by atoms with Gasteiger partial charge in [-0.1, -0.05) is 35.3 Å². The molecule has 1 atom stereocenters. The molecular weight excluding hydrogens is 451 g/mol. The van der Waals surface area contributed by atoms with E-state index in [9.17, 15) is 14.4 Å². The lowest BCUT2D eigenvalue weighted by molar-refractivity contribution is -0.136. The van der Waals surface area contributed by atoms with Gasteiger partial charge in [-0.3, -0.25) is 19.4 Å². The number of hydrazone groups is 1. The Morgan fingerprint density at radius 1 is 1.00 bits per heavy atom. The topological polar surface area (TPSA) is 73.3 Å². The summed E-state index contributed by atoms with van der Waals surface area (Å²) in [6, 6.07) is 13.5. The standard InChI is InChI=1S/C23H24Cl2N4O3/c1-15(30)29(19-11-9-18(25)10-12-19)20(31)13-28-14-23(2,22(32)27(3)4)21(26-28)16-5-7-17(24)8-6-16/h5-12H,13-14H2,1-4H3. The Morgan fingerprint density at radius 2 is 1.53 bits per heavy atom. The molecule has 1 aliphatic rings. The number of halogens is 2. The first-order chi connectivity index (χ1) is 15.0. The number of hydrogen-bond donors (Lipinski definition) is 0. The van der Waals surface area contributed by atoms with E-state index >= 15 is 0 Å². The van der Waals surface area contributed by atoms with Gasteiger partial charge in [0.1, 0.15) is 12.0 Å². The van der Waals surface area contributed by atoms with Crippen molar-refractivity contribution in [1.29, 1.82) is 0 Å². The molecule has 168 valence electrons. The van der Waals surface area contributed by atoms with Crippen molar-refractivity contribution in [3.8, 4) is 0 Å². The highest BCUT2D eigenvalue weighted by Crippen LogP contribution is 2.33. The van der Waals surface area contributed by atoms with Gasteiger partial charge < -0.3 is 4.90 Å². The van der Waals surface area contributed by atoms with Crippen LogP contribution < -0.4 is 4.90 Å². The number of anilines is 1. The van der Waals surface area contributed by atoms with Crippen molar-refractivity contribution >= 4 is 52.3 Å². The molecule has 3 amide bonds. The van der Waals surface area contributed by atoms with Gasteiger partial charge in [-0.25, -0.2) is 4.90 Å². The van der Waals surface area contributed by atoms with Crippen molar-refractivity contribution in [2.45, 2.75) is 13.8 Å². The highest BCUT2D eigenvalue weighted by Gasteiger charge is 2.47. The molecule has 3 rings (SSSR count). The molecule has 0 saturated heterocycles. The van der Waals surface area contributed by atoms with E-state index in [2.05, 4.69) is 5.10 Å². The molecule has 0 saturated carbocycles. The SMILES string of the molecule is CC(=O)N(C(=O)CN1CC(C)(C(=O)N(C)C)C(c2ccc(Cl)cc2)=N1)c1ccc(Cl)cc1. The molecule has 0 spiro atoms. The molecule has 32 heavy (non-hydrogen) atoms. The van der Waals surface area contributed by atoms with Crippen LogP contribution in [0.4, 0.5) is 5.69 Å². The zero-order chi connectivity index (χ0) is 23.6. The van der Waals surface area contributed by atoms with Gasteiger partial charge in [-0.2, -0.15) is 5.10 Å². The molecule has 7 nitrogen and oxygen atoms in total. The van der Waals surface area contributed by atoms with Crippen LogP contribution in [0.25, 0.3) is 0 Å². The summed E-state index contributed by atoms with van der Waals surface area (Å²) in [4.78, 5) is 41.0. The largest absolute Gasteiger partial charge is 0.348 e. The number of amides is 3. The Morgan fingerprint density at radius 3 is 2.03 bits per heavy atom.